The van der Waals surface area contributed by atoms with Gasteiger partial charge in [-0.25, -0.2) is 4.79 Å². The molecule has 1 fully saturated rings. The van der Waals surface area contributed by atoms with Gasteiger partial charge in [-0.1, -0.05) is 30.3 Å². The summed E-state index contributed by atoms with van der Waals surface area (Å²) in [6.45, 7) is 1.68. The van der Waals surface area contributed by atoms with E-state index < -0.39 is 23.4 Å². The van der Waals surface area contributed by atoms with Crippen LogP contribution >= 0.6 is 0 Å². The molecule has 4 rings (SSSR count). The summed E-state index contributed by atoms with van der Waals surface area (Å²) in [6.07, 6.45) is 3.14. The van der Waals surface area contributed by atoms with E-state index in [1.807, 2.05) is 30.3 Å². The smallest absolute Gasteiger partial charge is 0.325 e. The van der Waals surface area contributed by atoms with Crippen LogP contribution in [0.5, 0.6) is 5.75 Å². The minimum Gasteiger partial charge on any atom is -0.497 e. The number of aryl methyl sites for hydroxylation is 2. The number of imide groups is 1. The van der Waals surface area contributed by atoms with Gasteiger partial charge in [-0.2, -0.15) is 0 Å². The Bertz CT molecular complexity index is 1000. The van der Waals surface area contributed by atoms with E-state index in [1.165, 1.54) is 11.1 Å². The first-order chi connectivity index (χ1) is 14.4. The molecule has 1 saturated heterocycles. The SMILES string of the molecule is COc1ccc(CNC(=O)CN2C(=O)NC(C)(c3ccc4c(c3)CCC4)C2=O)cc1. The van der Waals surface area contributed by atoms with Crippen molar-refractivity contribution in [1.29, 1.82) is 0 Å². The van der Waals surface area contributed by atoms with Gasteiger partial charge >= 0.3 is 6.03 Å². The Kier molecular flexibility index (Phi) is 5.20. The number of hydrogen-bond acceptors (Lipinski definition) is 4. The number of carbonyl (C=O) groups excluding carboxylic acids is 3. The maximum absolute atomic E-state index is 13.1. The molecular formula is C23H25N3O4. The highest BCUT2D eigenvalue weighted by atomic mass is 16.5. The van der Waals surface area contributed by atoms with Gasteiger partial charge in [0.15, 0.2) is 0 Å². The Morgan fingerprint density at radius 1 is 1.13 bits per heavy atom. The number of carbonyl (C=O) groups is 3. The third-order valence-corrected chi connectivity index (χ3v) is 5.90. The van der Waals surface area contributed by atoms with E-state index in [1.54, 1.807) is 26.2 Å². The summed E-state index contributed by atoms with van der Waals surface area (Å²) < 4.78 is 5.11. The fraction of sp³-hybridized carbons (Fsp3) is 0.348. The second-order valence-electron chi connectivity index (χ2n) is 7.91. The number of ether oxygens (including phenoxy) is 1. The number of rotatable bonds is 6. The first-order valence-corrected chi connectivity index (χ1v) is 10.1. The molecule has 2 aromatic carbocycles. The topological polar surface area (TPSA) is 87.7 Å². The van der Waals surface area contributed by atoms with E-state index in [0.29, 0.717) is 6.54 Å². The van der Waals surface area contributed by atoms with Gasteiger partial charge < -0.3 is 15.4 Å². The molecule has 2 aromatic rings. The van der Waals surface area contributed by atoms with Gasteiger partial charge in [-0.15, -0.1) is 0 Å². The molecule has 4 amide bonds. The van der Waals surface area contributed by atoms with Crippen LogP contribution in [0.25, 0.3) is 0 Å². The number of methoxy groups -OCH3 is 1. The van der Waals surface area contributed by atoms with Gasteiger partial charge in [0, 0.05) is 6.54 Å². The minimum absolute atomic E-state index is 0.300. The molecule has 7 nitrogen and oxygen atoms in total. The lowest BCUT2D eigenvalue weighted by molar-refractivity contribution is -0.134. The zero-order valence-electron chi connectivity index (χ0n) is 17.2. The molecule has 2 aliphatic rings. The second-order valence-corrected chi connectivity index (χ2v) is 7.91. The van der Waals surface area contributed by atoms with Crippen molar-refractivity contribution in [3.8, 4) is 5.75 Å². The maximum atomic E-state index is 13.1. The summed E-state index contributed by atoms with van der Waals surface area (Å²) in [5, 5.41) is 5.52. The summed E-state index contributed by atoms with van der Waals surface area (Å²) >= 11 is 0. The molecule has 7 heteroatoms. The number of urea groups is 1. The van der Waals surface area contributed by atoms with Crippen LogP contribution in [0.1, 0.15) is 35.6 Å². The standard InChI is InChI=1S/C23H25N3O4/c1-23(18-9-8-16-4-3-5-17(16)12-18)21(28)26(22(29)25-23)14-20(27)24-13-15-6-10-19(30-2)11-7-15/h6-12H,3-5,13-14H2,1-2H3,(H,24,27)(H,25,29). The van der Waals surface area contributed by atoms with Crippen LogP contribution in [0.2, 0.25) is 0 Å². The molecular weight excluding hydrogens is 382 g/mol. The van der Waals surface area contributed by atoms with Gasteiger partial charge in [0.2, 0.25) is 5.91 Å². The van der Waals surface area contributed by atoms with Crippen LogP contribution in [0.4, 0.5) is 4.79 Å². The molecule has 1 aliphatic heterocycles. The number of fused-ring (bicyclic) bond motifs is 1. The van der Waals surface area contributed by atoms with E-state index in [9.17, 15) is 14.4 Å². The highest BCUT2D eigenvalue weighted by Gasteiger charge is 2.49. The number of amides is 4. The Morgan fingerprint density at radius 2 is 1.87 bits per heavy atom. The monoisotopic (exact) mass is 407 g/mol. The highest BCUT2D eigenvalue weighted by Crippen LogP contribution is 2.32. The second kappa shape index (κ2) is 7.82. The van der Waals surface area contributed by atoms with Crippen molar-refractivity contribution in [2.75, 3.05) is 13.7 Å². The normalized spacial score (nSPS) is 20.1. The average molecular weight is 407 g/mol. The number of hydrogen-bond donors (Lipinski definition) is 2. The lowest BCUT2D eigenvalue weighted by Gasteiger charge is -2.23. The van der Waals surface area contributed by atoms with Crippen LogP contribution in [-0.2, 0) is 34.5 Å². The Hall–Kier alpha value is -3.35. The van der Waals surface area contributed by atoms with Crippen LogP contribution in [0.3, 0.4) is 0 Å². The number of nitrogens with one attached hydrogen (secondary N) is 2. The summed E-state index contributed by atoms with van der Waals surface area (Å²) in [7, 11) is 1.59. The molecule has 1 aliphatic carbocycles. The molecule has 0 bridgehead atoms. The van der Waals surface area contributed by atoms with E-state index in [4.69, 9.17) is 4.74 Å². The Labute approximate surface area is 175 Å². The molecule has 2 N–H and O–H groups in total. The molecule has 0 spiro atoms. The van der Waals surface area contributed by atoms with Crippen molar-refractivity contribution in [2.24, 2.45) is 0 Å². The van der Waals surface area contributed by atoms with E-state index in [-0.39, 0.29) is 6.54 Å². The molecule has 1 atom stereocenters. The highest BCUT2D eigenvalue weighted by molar-refractivity contribution is 6.09. The molecule has 0 aromatic heterocycles. The molecule has 0 radical (unpaired) electrons. The number of nitrogens with zero attached hydrogens (tertiary/aromatic N) is 1. The quantitative estimate of drug-likeness (QED) is 0.719. The van der Waals surface area contributed by atoms with E-state index in [2.05, 4.69) is 10.6 Å². The molecule has 1 unspecified atom stereocenters. The van der Waals surface area contributed by atoms with Crippen molar-refractivity contribution < 1.29 is 19.1 Å². The predicted molar refractivity (Wildman–Crippen MR) is 111 cm³/mol. The molecule has 156 valence electrons. The molecule has 0 saturated carbocycles. The van der Waals surface area contributed by atoms with Crippen LogP contribution in [-0.4, -0.2) is 36.4 Å². The first kappa shape index (κ1) is 19.9. The first-order valence-electron chi connectivity index (χ1n) is 10.1. The summed E-state index contributed by atoms with van der Waals surface area (Å²) in [5.74, 6) is -0.0761. The Morgan fingerprint density at radius 3 is 2.60 bits per heavy atom. The summed E-state index contributed by atoms with van der Waals surface area (Å²) in [6, 6.07) is 12.7. The predicted octanol–water partition coefficient (Wildman–Crippen LogP) is 2.27. The molecule has 30 heavy (non-hydrogen) atoms. The Balaban J connectivity index is 1.41. The van der Waals surface area contributed by atoms with Gasteiger partial charge in [0.05, 0.1) is 7.11 Å². The van der Waals surface area contributed by atoms with Crippen molar-refractivity contribution in [3.05, 3.63) is 64.7 Å². The van der Waals surface area contributed by atoms with Crippen molar-refractivity contribution in [3.63, 3.8) is 0 Å². The zero-order chi connectivity index (χ0) is 21.3. The number of benzene rings is 2. The van der Waals surface area contributed by atoms with Gasteiger partial charge in [-0.3, -0.25) is 14.5 Å². The summed E-state index contributed by atoms with van der Waals surface area (Å²) in [5.41, 5.74) is 3.01. The van der Waals surface area contributed by atoms with Gasteiger partial charge in [0.25, 0.3) is 5.91 Å². The van der Waals surface area contributed by atoms with Crippen LogP contribution < -0.4 is 15.4 Å². The van der Waals surface area contributed by atoms with Crippen LogP contribution in [0, 0.1) is 0 Å². The zero-order valence-corrected chi connectivity index (χ0v) is 17.2. The van der Waals surface area contributed by atoms with Crippen molar-refractivity contribution in [1.82, 2.24) is 15.5 Å². The van der Waals surface area contributed by atoms with Crippen molar-refractivity contribution >= 4 is 17.8 Å². The third kappa shape index (κ3) is 3.63. The third-order valence-electron chi connectivity index (χ3n) is 5.90. The van der Waals surface area contributed by atoms with Gasteiger partial charge in [-0.05, 0) is 60.6 Å². The fourth-order valence-electron chi connectivity index (χ4n) is 4.06. The minimum atomic E-state index is -1.16. The van der Waals surface area contributed by atoms with Crippen molar-refractivity contribution in [2.45, 2.75) is 38.3 Å². The summed E-state index contributed by atoms with van der Waals surface area (Å²) in [4.78, 5) is 38.9. The molecule has 1 heterocycles. The maximum Gasteiger partial charge on any atom is 0.325 e. The van der Waals surface area contributed by atoms with E-state index >= 15 is 0 Å². The lowest BCUT2D eigenvalue weighted by atomic mass is 9.89. The largest absolute Gasteiger partial charge is 0.497 e. The lowest BCUT2D eigenvalue weighted by Crippen LogP contribution is -2.43. The van der Waals surface area contributed by atoms with Gasteiger partial charge in [0.1, 0.15) is 17.8 Å². The van der Waals surface area contributed by atoms with E-state index in [0.717, 1.165) is 41.0 Å². The average Bonchev–Trinajstić information content (AvgIpc) is 3.31. The van der Waals surface area contributed by atoms with Crippen LogP contribution in [0.15, 0.2) is 42.5 Å². The fourth-order valence-corrected chi connectivity index (χ4v) is 4.06.